The van der Waals surface area contributed by atoms with Gasteiger partial charge in [0.15, 0.2) is 0 Å². The average molecular weight is 546 g/mol. The number of halogens is 2. The van der Waals surface area contributed by atoms with Gasteiger partial charge in [-0.15, -0.1) is 0 Å². The van der Waals surface area contributed by atoms with E-state index in [1.54, 1.807) is 6.07 Å². The molecule has 0 spiro atoms. The predicted octanol–water partition coefficient (Wildman–Crippen LogP) is 7.48. The van der Waals surface area contributed by atoms with Gasteiger partial charge in [-0.05, 0) is 79.5 Å². The molecule has 7 rings (SSSR count). The number of allylic oxidation sites excluding steroid dienone is 1. The van der Waals surface area contributed by atoms with E-state index in [4.69, 9.17) is 27.7 Å². The van der Waals surface area contributed by atoms with Crippen LogP contribution in [0.25, 0.3) is 28.2 Å². The molecule has 2 saturated carbocycles. The second-order valence-electron chi connectivity index (χ2n) is 10.7. The first kappa shape index (κ1) is 23.7. The number of aromatic nitrogens is 2. The molecule has 1 aliphatic heterocycles. The highest BCUT2D eigenvalue weighted by atomic mass is 35.5. The summed E-state index contributed by atoms with van der Waals surface area (Å²) >= 11 is 13.0. The highest BCUT2D eigenvalue weighted by Gasteiger charge is 2.54. The summed E-state index contributed by atoms with van der Waals surface area (Å²) in [6, 6.07) is 13.3. The van der Waals surface area contributed by atoms with Gasteiger partial charge in [0.25, 0.3) is 0 Å². The molecule has 2 aliphatic carbocycles. The van der Waals surface area contributed by atoms with Crippen molar-refractivity contribution < 1.29 is 14.4 Å². The number of benzene rings is 2. The number of piperidine rings is 1. The van der Waals surface area contributed by atoms with Crippen LogP contribution in [0.2, 0.25) is 10.0 Å². The van der Waals surface area contributed by atoms with Crippen LogP contribution in [-0.4, -0.2) is 34.3 Å². The molecule has 3 aliphatic rings. The molecule has 1 N–H and O–H groups in total. The summed E-state index contributed by atoms with van der Waals surface area (Å²) in [4.78, 5) is 18.1. The number of anilines is 1. The van der Waals surface area contributed by atoms with Crippen LogP contribution in [0.1, 0.15) is 46.1 Å². The van der Waals surface area contributed by atoms with Crippen molar-refractivity contribution in [3.05, 3.63) is 81.2 Å². The van der Waals surface area contributed by atoms with Crippen LogP contribution in [0.15, 0.2) is 53.1 Å². The van der Waals surface area contributed by atoms with Crippen LogP contribution >= 0.6 is 23.2 Å². The largest absolute Gasteiger partial charge is 0.477 e. The second kappa shape index (κ2) is 8.85. The van der Waals surface area contributed by atoms with Gasteiger partial charge >= 0.3 is 5.97 Å². The molecule has 2 unspecified atom stereocenters. The molecule has 3 heterocycles. The molecule has 0 bridgehead atoms. The maximum absolute atomic E-state index is 11.4. The van der Waals surface area contributed by atoms with E-state index >= 15 is 0 Å². The minimum absolute atomic E-state index is 0.0809. The van der Waals surface area contributed by atoms with Crippen molar-refractivity contribution >= 4 is 51.8 Å². The summed E-state index contributed by atoms with van der Waals surface area (Å²) in [6.45, 7) is 3.92. The maximum Gasteiger partial charge on any atom is 0.354 e. The Labute approximate surface area is 229 Å². The van der Waals surface area contributed by atoms with Gasteiger partial charge in [-0.25, -0.2) is 9.78 Å². The fourth-order valence-electron chi connectivity index (χ4n) is 5.98. The van der Waals surface area contributed by atoms with E-state index in [1.807, 2.05) is 31.2 Å². The van der Waals surface area contributed by atoms with E-state index in [2.05, 4.69) is 39.3 Å². The fraction of sp³-hybridized carbons (Fsp3) is 0.300. The van der Waals surface area contributed by atoms with Crippen LogP contribution in [0.3, 0.4) is 0 Å². The zero-order chi connectivity index (χ0) is 26.1. The van der Waals surface area contributed by atoms with Crippen molar-refractivity contribution in [2.24, 2.45) is 17.8 Å². The molecule has 0 amide bonds. The molecule has 2 atom stereocenters. The maximum atomic E-state index is 11.4. The summed E-state index contributed by atoms with van der Waals surface area (Å²) in [5, 5.41) is 15.8. The molecule has 4 aromatic rings. The summed E-state index contributed by atoms with van der Waals surface area (Å²) in [7, 11) is 0. The molecule has 3 fully saturated rings. The topological polar surface area (TPSA) is 79.5 Å². The summed E-state index contributed by atoms with van der Waals surface area (Å²) in [6.07, 6.45) is 6.74. The van der Waals surface area contributed by atoms with Gasteiger partial charge < -0.3 is 14.5 Å². The lowest BCUT2D eigenvalue weighted by Gasteiger charge is -2.22. The number of carboxylic acids is 1. The Morgan fingerprint density at radius 1 is 1.11 bits per heavy atom. The van der Waals surface area contributed by atoms with E-state index in [0.717, 1.165) is 65.1 Å². The third-order valence-electron chi connectivity index (χ3n) is 8.23. The van der Waals surface area contributed by atoms with Gasteiger partial charge in [-0.2, -0.15) is 0 Å². The van der Waals surface area contributed by atoms with Crippen molar-refractivity contribution in [2.75, 3.05) is 18.0 Å². The monoisotopic (exact) mass is 545 g/mol. The number of aromatic carboxylic acids is 1. The van der Waals surface area contributed by atoms with Crippen LogP contribution in [-0.2, 0) is 0 Å². The summed E-state index contributed by atoms with van der Waals surface area (Å²) in [5.41, 5.74) is 5.33. The van der Waals surface area contributed by atoms with Gasteiger partial charge in [-0.3, -0.25) is 0 Å². The van der Waals surface area contributed by atoms with Gasteiger partial charge in [0.2, 0.25) is 0 Å². The van der Waals surface area contributed by atoms with Crippen molar-refractivity contribution in [1.82, 2.24) is 10.1 Å². The fourth-order valence-corrected chi connectivity index (χ4v) is 6.56. The van der Waals surface area contributed by atoms with Crippen molar-refractivity contribution in [2.45, 2.75) is 25.7 Å². The standard InChI is InChI=1S/C30H25Cl2N3O3/c1-15-11-26(30(36)37)33-25-10-7-17(12-20(15)25)35-13-21-18(22(21)14-35)8-9-19-28(34-38-29(19)16-5-6-16)27-23(31)3-2-4-24(27)32/h2-4,7-12,16,18,21-22H,5-6,13-14H2,1H3,(H,36,37)/b9-8+. The Morgan fingerprint density at radius 2 is 1.84 bits per heavy atom. The number of hydrogen-bond acceptors (Lipinski definition) is 5. The molecule has 2 aromatic heterocycles. The van der Waals surface area contributed by atoms with Crippen LogP contribution in [0.5, 0.6) is 0 Å². The quantitative estimate of drug-likeness (QED) is 0.270. The number of fused-ring (bicyclic) bond motifs is 2. The zero-order valence-corrected chi connectivity index (χ0v) is 22.2. The first-order chi connectivity index (χ1) is 18.4. The number of carbonyl (C=O) groups is 1. The van der Waals surface area contributed by atoms with Gasteiger partial charge in [0, 0.05) is 41.2 Å². The van der Waals surface area contributed by atoms with Gasteiger partial charge in [0.05, 0.1) is 15.6 Å². The highest BCUT2D eigenvalue weighted by molar-refractivity contribution is 6.39. The van der Waals surface area contributed by atoms with E-state index in [1.165, 1.54) is 0 Å². The summed E-state index contributed by atoms with van der Waals surface area (Å²) < 4.78 is 5.81. The molecule has 2 aromatic carbocycles. The molecular weight excluding hydrogens is 521 g/mol. The highest BCUT2D eigenvalue weighted by Crippen LogP contribution is 2.54. The zero-order valence-electron chi connectivity index (χ0n) is 20.7. The Balaban J connectivity index is 1.10. The first-order valence-corrected chi connectivity index (χ1v) is 13.7. The lowest BCUT2D eigenvalue weighted by atomic mass is 10.0. The molecule has 192 valence electrons. The number of carboxylic acid groups (broad SMARTS) is 1. The Hall–Kier alpha value is -3.35. The number of nitrogens with zero attached hydrogens (tertiary/aromatic N) is 3. The number of hydrogen-bond donors (Lipinski definition) is 1. The molecule has 8 heteroatoms. The number of pyridine rings is 1. The van der Waals surface area contributed by atoms with Crippen LogP contribution < -0.4 is 4.90 Å². The molecule has 1 saturated heterocycles. The Morgan fingerprint density at radius 3 is 2.53 bits per heavy atom. The summed E-state index contributed by atoms with van der Waals surface area (Å²) in [5.74, 6) is 2.08. The minimum atomic E-state index is -1.00. The number of rotatable bonds is 6. The third-order valence-corrected chi connectivity index (χ3v) is 8.86. The van der Waals surface area contributed by atoms with E-state index in [-0.39, 0.29) is 5.69 Å². The lowest BCUT2D eigenvalue weighted by molar-refractivity contribution is 0.0691. The average Bonchev–Trinajstić information content (AvgIpc) is 3.76. The SMILES string of the molecule is Cc1cc(C(=O)O)nc2ccc(N3CC4C(/C=C/c5c(-c6c(Cl)cccc6Cl)noc5C5CC5)C4C3)cc12. The van der Waals surface area contributed by atoms with E-state index in [9.17, 15) is 9.90 Å². The van der Waals surface area contributed by atoms with Crippen molar-refractivity contribution in [1.29, 1.82) is 0 Å². The molecule has 6 nitrogen and oxygen atoms in total. The third kappa shape index (κ3) is 3.98. The minimum Gasteiger partial charge on any atom is -0.477 e. The Bertz CT molecular complexity index is 1610. The second-order valence-corrected chi connectivity index (χ2v) is 11.5. The van der Waals surface area contributed by atoms with Gasteiger partial charge in [0.1, 0.15) is 17.1 Å². The van der Waals surface area contributed by atoms with Crippen molar-refractivity contribution in [3.63, 3.8) is 0 Å². The Kier molecular flexibility index (Phi) is 5.53. The van der Waals surface area contributed by atoms with E-state index in [0.29, 0.717) is 39.2 Å². The van der Waals surface area contributed by atoms with Crippen LogP contribution in [0.4, 0.5) is 5.69 Å². The first-order valence-electron chi connectivity index (χ1n) is 12.9. The molecular formula is C30H25Cl2N3O3. The van der Waals surface area contributed by atoms with Crippen molar-refractivity contribution in [3.8, 4) is 11.3 Å². The number of aryl methyl sites for hydroxylation is 1. The van der Waals surface area contributed by atoms with Crippen LogP contribution in [0, 0.1) is 24.7 Å². The molecule has 0 radical (unpaired) electrons. The van der Waals surface area contributed by atoms with Gasteiger partial charge in [-0.1, -0.05) is 46.6 Å². The normalized spacial score (nSPS) is 22.4. The van der Waals surface area contributed by atoms with E-state index < -0.39 is 5.97 Å². The lowest BCUT2D eigenvalue weighted by Crippen LogP contribution is -2.23. The predicted molar refractivity (Wildman–Crippen MR) is 149 cm³/mol. The smallest absolute Gasteiger partial charge is 0.354 e. The molecule has 38 heavy (non-hydrogen) atoms.